The number of anilines is 1. The lowest BCUT2D eigenvalue weighted by atomic mass is 10.1. The first kappa shape index (κ1) is 16.2. The Morgan fingerprint density at radius 1 is 1.38 bits per heavy atom. The summed E-state index contributed by atoms with van der Waals surface area (Å²) < 4.78 is 0. The fraction of sp³-hybridized carbons (Fsp3) is 0.412. The normalized spacial score (nSPS) is 17.1. The number of likely N-dealkylation sites (tertiary alicyclic amines) is 1. The Morgan fingerprint density at radius 3 is 2.92 bits per heavy atom. The Morgan fingerprint density at radius 2 is 2.17 bits per heavy atom. The largest absolute Gasteiger partial charge is 0.372 e. The number of hydrogen-bond acceptors (Lipinski definition) is 5. The predicted molar refractivity (Wildman–Crippen MR) is 91.1 cm³/mol. The Balaban J connectivity index is 1.94. The Bertz CT molecular complexity index is 830. The lowest BCUT2D eigenvalue weighted by molar-refractivity contribution is 0.0731. The SMILES string of the molecule is CNc1cncc([C@@H]2CCCN2C(=O)c2cc(C)c(C)[nH]c2=O)n1. The van der Waals surface area contributed by atoms with Crippen LogP contribution in [0.3, 0.4) is 0 Å². The topological polar surface area (TPSA) is 91.0 Å². The highest BCUT2D eigenvalue weighted by molar-refractivity contribution is 5.94. The van der Waals surface area contributed by atoms with Crippen LogP contribution in [-0.4, -0.2) is 39.4 Å². The van der Waals surface area contributed by atoms with E-state index < -0.39 is 0 Å². The van der Waals surface area contributed by atoms with Crippen LogP contribution in [0, 0.1) is 13.8 Å². The highest BCUT2D eigenvalue weighted by Crippen LogP contribution is 2.31. The van der Waals surface area contributed by atoms with E-state index in [9.17, 15) is 9.59 Å². The van der Waals surface area contributed by atoms with Crippen molar-refractivity contribution < 1.29 is 4.79 Å². The van der Waals surface area contributed by atoms with E-state index in [0.717, 1.165) is 29.8 Å². The fourth-order valence-corrected chi connectivity index (χ4v) is 3.02. The molecule has 1 saturated heterocycles. The van der Waals surface area contributed by atoms with E-state index in [1.165, 1.54) is 0 Å². The maximum atomic E-state index is 12.9. The molecule has 1 aliphatic rings. The molecular weight excluding hydrogens is 306 g/mol. The summed E-state index contributed by atoms with van der Waals surface area (Å²) in [7, 11) is 1.78. The van der Waals surface area contributed by atoms with E-state index in [2.05, 4.69) is 20.3 Å². The first-order valence-electron chi connectivity index (χ1n) is 8.02. The van der Waals surface area contributed by atoms with E-state index >= 15 is 0 Å². The number of nitrogens with zero attached hydrogens (tertiary/aromatic N) is 3. The number of aryl methyl sites for hydroxylation is 2. The minimum Gasteiger partial charge on any atom is -0.372 e. The first-order valence-corrected chi connectivity index (χ1v) is 8.02. The van der Waals surface area contributed by atoms with Crippen molar-refractivity contribution in [2.24, 2.45) is 0 Å². The molecule has 24 heavy (non-hydrogen) atoms. The summed E-state index contributed by atoms with van der Waals surface area (Å²) in [5.74, 6) is 0.411. The number of rotatable bonds is 3. The van der Waals surface area contributed by atoms with Crippen molar-refractivity contribution in [2.75, 3.05) is 18.9 Å². The minimum atomic E-state index is -0.344. The van der Waals surface area contributed by atoms with Crippen molar-refractivity contribution in [1.82, 2.24) is 19.9 Å². The third-order valence-corrected chi connectivity index (χ3v) is 4.49. The third-order valence-electron chi connectivity index (χ3n) is 4.49. The second-order valence-electron chi connectivity index (χ2n) is 6.06. The molecule has 1 aliphatic heterocycles. The van der Waals surface area contributed by atoms with Crippen LogP contribution in [0.4, 0.5) is 5.82 Å². The van der Waals surface area contributed by atoms with Gasteiger partial charge < -0.3 is 15.2 Å². The highest BCUT2D eigenvalue weighted by atomic mass is 16.2. The molecule has 0 saturated carbocycles. The zero-order valence-electron chi connectivity index (χ0n) is 14.1. The highest BCUT2D eigenvalue weighted by Gasteiger charge is 2.33. The number of amides is 1. The zero-order chi connectivity index (χ0) is 17.3. The van der Waals surface area contributed by atoms with Gasteiger partial charge in [0, 0.05) is 19.3 Å². The van der Waals surface area contributed by atoms with Gasteiger partial charge in [-0.2, -0.15) is 0 Å². The van der Waals surface area contributed by atoms with Crippen LogP contribution in [0.5, 0.6) is 0 Å². The Hall–Kier alpha value is -2.70. The van der Waals surface area contributed by atoms with Gasteiger partial charge in [-0.25, -0.2) is 4.98 Å². The summed E-state index contributed by atoms with van der Waals surface area (Å²) >= 11 is 0. The molecule has 1 atom stereocenters. The van der Waals surface area contributed by atoms with E-state index in [1.54, 1.807) is 30.4 Å². The van der Waals surface area contributed by atoms with Crippen LogP contribution in [0.2, 0.25) is 0 Å². The van der Waals surface area contributed by atoms with Gasteiger partial charge in [0.25, 0.3) is 11.5 Å². The summed E-state index contributed by atoms with van der Waals surface area (Å²) in [5, 5.41) is 2.96. The number of aromatic nitrogens is 3. The summed E-state index contributed by atoms with van der Waals surface area (Å²) in [6.45, 7) is 4.31. The lowest BCUT2D eigenvalue weighted by Gasteiger charge is -2.24. The summed E-state index contributed by atoms with van der Waals surface area (Å²) in [6, 6.07) is 1.51. The molecule has 2 aromatic rings. The maximum Gasteiger partial charge on any atom is 0.261 e. The van der Waals surface area contributed by atoms with Crippen molar-refractivity contribution in [3.05, 3.63) is 51.3 Å². The van der Waals surface area contributed by atoms with Crippen molar-refractivity contribution >= 4 is 11.7 Å². The second kappa shape index (κ2) is 6.43. The number of aromatic amines is 1. The van der Waals surface area contributed by atoms with Crippen LogP contribution >= 0.6 is 0 Å². The van der Waals surface area contributed by atoms with Crippen molar-refractivity contribution in [3.8, 4) is 0 Å². The molecule has 1 fully saturated rings. The number of carbonyl (C=O) groups is 1. The standard InChI is InChI=1S/C17H21N5O2/c1-10-7-12(16(23)20-11(10)2)17(24)22-6-4-5-14(22)13-8-19-9-15(18-3)21-13/h7-9,14H,4-6H2,1-3H3,(H,18,21)(H,20,23)/t14-/m0/s1. The van der Waals surface area contributed by atoms with Gasteiger partial charge in [-0.15, -0.1) is 0 Å². The van der Waals surface area contributed by atoms with Crippen LogP contribution in [0.15, 0.2) is 23.3 Å². The molecule has 7 heteroatoms. The van der Waals surface area contributed by atoms with Crippen LogP contribution < -0.4 is 10.9 Å². The van der Waals surface area contributed by atoms with Gasteiger partial charge in [-0.1, -0.05) is 0 Å². The predicted octanol–water partition coefficient (Wildman–Crippen LogP) is 1.80. The van der Waals surface area contributed by atoms with Gasteiger partial charge in [0.2, 0.25) is 0 Å². The average molecular weight is 327 g/mol. The molecule has 2 aromatic heterocycles. The van der Waals surface area contributed by atoms with Gasteiger partial charge in [-0.3, -0.25) is 14.6 Å². The molecule has 0 aliphatic carbocycles. The molecule has 2 N–H and O–H groups in total. The van der Waals surface area contributed by atoms with Crippen molar-refractivity contribution in [2.45, 2.75) is 32.7 Å². The van der Waals surface area contributed by atoms with E-state index in [-0.39, 0.29) is 23.1 Å². The monoisotopic (exact) mass is 327 g/mol. The molecule has 0 spiro atoms. The van der Waals surface area contributed by atoms with Gasteiger partial charge in [0.05, 0.1) is 24.1 Å². The quantitative estimate of drug-likeness (QED) is 0.897. The Kier molecular flexibility index (Phi) is 4.33. The molecule has 3 rings (SSSR count). The van der Waals surface area contributed by atoms with Gasteiger partial charge in [0.1, 0.15) is 11.4 Å². The zero-order valence-corrected chi connectivity index (χ0v) is 14.1. The second-order valence-corrected chi connectivity index (χ2v) is 6.06. The summed E-state index contributed by atoms with van der Waals surface area (Å²) in [5.41, 5.74) is 2.26. The van der Waals surface area contributed by atoms with Gasteiger partial charge >= 0.3 is 0 Å². The van der Waals surface area contributed by atoms with Crippen LogP contribution in [0.25, 0.3) is 0 Å². The molecular formula is C17H21N5O2. The van der Waals surface area contributed by atoms with Gasteiger partial charge in [0.15, 0.2) is 0 Å². The molecule has 7 nitrogen and oxygen atoms in total. The average Bonchev–Trinajstić information content (AvgIpc) is 3.07. The summed E-state index contributed by atoms with van der Waals surface area (Å²) in [6.07, 6.45) is 5.02. The molecule has 0 bridgehead atoms. The molecule has 1 amide bonds. The van der Waals surface area contributed by atoms with Crippen LogP contribution in [-0.2, 0) is 0 Å². The van der Waals surface area contributed by atoms with E-state index in [0.29, 0.717) is 12.4 Å². The number of hydrogen-bond donors (Lipinski definition) is 2. The number of carbonyl (C=O) groups excluding carboxylic acids is 1. The molecule has 0 aromatic carbocycles. The maximum absolute atomic E-state index is 12.9. The van der Waals surface area contributed by atoms with E-state index in [4.69, 9.17) is 0 Å². The van der Waals surface area contributed by atoms with Crippen LogP contribution in [0.1, 0.15) is 46.2 Å². The molecule has 0 radical (unpaired) electrons. The number of nitrogens with one attached hydrogen (secondary N) is 2. The molecule has 3 heterocycles. The molecule has 0 unspecified atom stereocenters. The summed E-state index contributed by atoms with van der Waals surface area (Å²) in [4.78, 5) is 38.3. The number of H-pyrrole nitrogens is 1. The Labute approximate surface area is 140 Å². The first-order chi connectivity index (χ1) is 11.5. The van der Waals surface area contributed by atoms with E-state index in [1.807, 2.05) is 13.8 Å². The minimum absolute atomic E-state index is 0.153. The van der Waals surface area contributed by atoms with Gasteiger partial charge in [-0.05, 0) is 38.3 Å². The third kappa shape index (κ3) is 2.89. The van der Waals surface area contributed by atoms with Crippen molar-refractivity contribution in [3.63, 3.8) is 0 Å². The lowest BCUT2D eigenvalue weighted by Crippen LogP contribution is -2.35. The smallest absolute Gasteiger partial charge is 0.261 e. The van der Waals surface area contributed by atoms with Crippen molar-refractivity contribution in [1.29, 1.82) is 0 Å². The molecule has 126 valence electrons. The fourth-order valence-electron chi connectivity index (χ4n) is 3.02. The number of pyridine rings is 1.